The Balaban J connectivity index is 2.49. The van der Waals surface area contributed by atoms with Crippen LogP contribution >= 0.6 is 0 Å². The van der Waals surface area contributed by atoms with Crippen molar-refractivity contribution in [3.8, 4) is 11.5 Å². The number of ether oxygens (including phenoxy) is 2. The molecule has 5 nitrogen and oxygen atoms in total. The molecule has 0 aliphatic carbocycles. The molecular formula is C13H17NO4. The molecule has 1 aliphatic rings. The fourth-order valence-electron chi connectivity index (χ4n) is 2.10. The third-order valence-corrected chi connectivity index (χ3v) is 3.01. The van der Waals surface area contributed by atoms with Crippen LogP contribution in [0, 0.1) is 0 Å². The van der Waals surface area contributed by atoms with Crippen molar-refractivity contribution in [3.63, 3.8) is 0 Å². The minimum Gasteiger partial charge on any atom is -0.490 e. The van der Waals surface area contributed by atoms with Gasteiger partial charge in [0.15, 0.2) is 11.5 Å². The number of fused-ring (bicyclic) bond motifs is 1. The number of carboxylic acids is 1. The Kier molecular flexibility index (Phi) is 3.72. The highest BCUT2D eigenvalue weighted by molar-refractivity contribution is 5.76. The van der Waals surface area contributed by atoms with Crippen LogP contribution in [0.5, 0.6) is 11.5 Å². The second-order valence-electron chi connectivity index (χ2n) is 4.18. The zero-order chi connectivity index (χ0) is 13.1. The van der Waals surface area contributed by atoms with Gasteiger partial charge in [-0.2, -0.15) is 0 Å². The van der Waals surface area contributed by atoms with Gasteiger partial charge in [-0.15, -0.1) is 0 Å². The predicted molar refractivity (Wildman–Crippen MR) is 66.0 cm³/mol. The number of nitrogens with two attached hydrogens (primary N) is 1. The quantitative estimate of drug-likeness (QED) is 0.850. The van der Waals surface area contributed by atoms with E-state index in [1.54, 1.807) is 12.1 Å². The first-order chi connectivity index (χ1) is 8.65. The van der Waals surface area contributed by atoms with Crippen LogP contribution in [-0.4, -0.2) is 24.3 Å². The number of hydrogen-bond donors (Lipinski definition) is 2. The molecule has 0 spiro atoms. The molecule has 1 atom stereocenters. The monoisotopic (exact) mass is 251 g/mol. The zero-order valence-electron chi connectivity index (χ0n) is 10.3. The van der Waals surface area contributed by atoms with Gasteiger partial charge >= 0.3 is 5.97 Å². The van der Waals surface area contributed by atoms with E-state index < -0.39 is 12.0 Å². The molecule has 5 heteroatoms. The van der Waals surface area contributed by atoms with E-state index in [2.05, 4.69) is 0 Å². The maximum atomic E-state index is 11.0. The summed E-state index contributed by atoms with van der Waals surface area (Å²) in [7, 11) is 0. The van der Waals surface area contributed by atoms with Gasteiger partial charge in [0, 0.05) is 12.0 Å². The van der Waals surface area contributed by atoms with E-state index in [0.717, 1.165) is 12.0 Å². The average Bonchev–Trinajstić information content (AvgIpc) is 2.61. The maximum absolute atomic E-state index is 11.0. The van der Waals surface area contributed by atoms with Crippen molar-refractivity contribution in [2.45, 2.75) is 25.8 Å². The number of hydrogen-bond acceptors (Lipinski definition) is 4. The van der Waals surface area contributed by atoms with Crippen LogP contribution < -0.4 is 15.2 Å². The minimum atomic E-state index is -1.04. The van der Waals surface area contributed by atoms with Gasteiger partial charge in [0.2, 0.25) is 0 Å². The summed E-state index contributed by atoms with van der Waals surface area (Å²) < 4.78 is 11.2. The molecule has 1 aliphatic heterocycles. The Morgan fingerprint density at radius 1 is 1.44 bits per heavy atom. The van der Waals surface area contributed by atoms with Gasteiger partial charge in [-0.05, 0) is 18.1 Å². The summed E-state index contributed by atoms with van der Waals surface area (Å²) in [5.41, 5.74) is 7.11. The lowest BCUT2D eigenvalue weighted by atomic mass is 9.97. The summed E-state index contributed by atoms with van der Waals surface area (Å²) in [6.45, 7) is 3.13. The average molecular weight is 251 g/mol. The zero-order valence-corrected chi connectivity index (χ0v) is 10.3. The third kappa shape index (κ3) is 2.26. The first-order valence-corrected chi connectivity index (χ1v) is 6.05. The normalized spacial score (nSPS) is 15.9. The smallest absolute Gasteiger partial charge is 0.325 e. The minimum absolute atomic E-state index is 0.575. The van der Waals surface area contributed by atoms with Gasteiger partial charge in [0.25, 0.3) is 0 Å². The topological polar surface area (TPSA) is 81.8 Å². The van der Waals surface area contributed by atoms with E-state index in [0.29, 0.717) is 36.7 Å². The second-order valence-corrected chi connectivity index (χ2v) is 4.18. The molecule has 18 heavy (non-hydrogen) atoms. The summed E-state index contributed by atoms with van der Waals surface area (Å²) in [4.78, 5) is 11.0. The van der Waals surface area contributed by atoms with Crippen LogP contribution in [0.25, 0.3) is 0 Å². The Bertz CT molecular complexity index is 459. The number of aliphatic carboxylic acids is 1. The molecule has 2 rings (SSSR count). The van der Waals surface area contributed by atoms with Crippen molar-refractivity contribution < 1.29 is 19.4 Å². The summed E-state index contributed by atoms with van der Waals surface area (Å²) in [6.07, 6.45) is 1.47. The first kappa shape index (κ1) is 12.7. The molecule has 1 aromatic rings. The largest absolute Gasteiger partial charge is 0.490 e. The second kappa shape index (κ2) is 5.27. The molecule has 1 heterocycles. The van der Waals surface area contributed by atoms with Crippen LogP contribution in [-0.2, 0) is 11.2 Å². The van der Waals surface area contributed by atoms with E-state index in [4.69, 9.17) is 20.3 Å². The summed E-state index contributed by atoms with van der Waals surface area (Å²) >= 11 is 0. The standard InChI is InChI=1S/C13H17NO4/c1-2-8-9(11(14)13(15)16)4-5-10-12(8)18-7-3-6-17-10/h4-5,11H,2-3,6-7,14H2,1H3,(H,15,16). The fourth-order valence-corrected chi connectivity index (χ4v) is 2.10. The molecule has 0 radical (unpaired) electrons. The maximum Gasteiger partial charge on any atom is 0.325 e. The SMILES string of the molecule is CCc1c(C(N)C(=O)O)ccc2c1OCCCO2. The Morgan fingerprint density at radius 2 is 2.17 bits per heavy atom. The van der Waals surface area contributed by atoms with Gasteiger partial charge < -0.3 is 20.3 Å². The molecule has 3 N–H and O–H groups in total. The van der Waals surface area contributed by atoms with Crippen molar-refractivity contribution in [1.82, 2.24) is 0 Å². The van der Waals surface area contributed by atoms with Gasteiger partial charge in [0.05, 0.1) is 13.2 Å². The van der Waals surface area contributed by atoms with Gasteiger partial charge in [-0.1, -0.05) is 13.0 Å². The Labute approximate surface area is 106 Å². The number of carbonyl (C=O) groups is 1. The van der Waals surface area contributed by atoms with Crippen LogP contribution in [0.3, 0.4) is 0 Å². The van der Waals surface area contributed by atoms with Crippen molar-refractivity contribution in [3.05, 3.63) is 23.3 Å². The summed E-state index contributed by atoms with van der Waals surface area (Å²) in [5, 5.41) is 9.02. The van der Waals surface area contributed by atoms with Crippen LogP contribution in [0.2, 0.25) is 0 Å². The van der Waals surface area contributed by atoms with E-state index in [1.807, 2.05) is 6.92 Å². The van der Waals surface area contributed by atoms with Crippen molar-refractivity contribution >= 4 is 5.97 Å². The number of carboxylic acid groups (broad SMARTS) is 1. The number of benzene rings is 1. The first-order valence-electron chi connectivity index (χ1n) is 6.05. The molecule has 0 bridgehead atoms. The lowest BCUT2D eigenvalue weighted by molar-refractivity contribution is -0.138. The molecule has 0 saturated heterocycles. The Hall–Kier alpha value is -1.75. The van der Waals surface area contributed by atoms with Crippen LogP contribution in [0.4, 0.5) is 0 Å². The van der Waals surface area contributed by atoms with Gasteiger partial charge in [-0.25, -0.2) is 0 Å². The highest BCUT2D eigenvalue weighted by Crippen LogP contribution is 2.37. The fraction of sp³-hybridized carbons (Fsp3) is 0.462. The van der Waals surface area contributed by atoms with Crippen molar-refractivity contribution in [2.75, 3.05) is 13.2 Å². The van der Waals surface area contributed by atoms with E-state index in [-0.39, 0.29) is 0 Å². The molecule has 1 unspecified atom stereocenters. The molecule has 0 saturated carbocycles. The van der Waals surface area contributed by atoms with E-state index in [1.165, 1.54) is 0 Å². The molecule has 0 aromatic heterocycles. The molecule has 0 amide bonds. The Morgan fingerprint density at radius 3 is 2.83 bits per heavy atom. The van der Waals surface area contributed by atoms with Crippen LogP contribution in [0.1, 0.15) is 30.5 Å². The van der Waals surface area contributed by atoms with E-state index >= 15 is 0 Å². The summed E-state index contributed by atoms with van der Waals surface area (Å²) in [6, 6.07) is 2.42. The number of rotatable bonds is 3. The van der Waals surface area contributed by atoms with Crippen molar-refractivity contribution in [1.29, 1.82) is 0 Å². The summed E-state index contributed by atoms with van der Waals surface area (Å²) in [5.74, 6) is 0.272. The lowest BCUT2D eigenvalue weighted by Gasteiger charge is -2.17. The van der Waals surface area contributed by atoms with Crippen LogP contribution in [0.15, 0.2) is 12.1 Å². The lowest BCUT2D eigenvalue weighted by Crippen LogP contribution is -2.22. The van der Waals surface area contributed by atoms with Crippen molar-refractivity contribution in [2.24, 2.45) is 5.73 Å². The highest BCUT2D eigenvalue weighted by atomic mass is 16.5. The van der Waals surface area contributed by atoms with E-state index in [9.17, 15) is 4.79 Å². The molecule has 1 aromatic carbocycles. The van der Waals surface area contributed by atoms with Gasteiger partial charge in [-0.3, -0.25) is 4.79 Å². The molecule has 98 valence electrons. The molecular weight excluding hydrogens is 234 g/mol. The predicted octanol–water partition coefficient (Wildman–Crippen LogP) is 1.49. The molecule has 0 fully saturated rings. The highest BCUT2D eigenvalue weighted by Gasteiger charge is 2.23. The third-order valence-electron chi connectivity index (χ3n) is 3.01. The van der Waals surface area contributed by atoms with Gasteiger partial charge in [0.1, 0.15) is 6.04 Å².